The fourth-order valence-corrected chi connectivity index (χ4v) is 3.50. The van der Waals surface area contributed by atoms with Crippen molar-refractivity contribution in [1.82, 2.24) is 4.98 Å². The number of aromatic nitrogens is 1. The van der Waals surface area contributed by atoms with Gasteiger partial charge in [0.15, 0.2) is 0 Å². The van der Waals surface area contributed by atoms with Gasteiger partial charge in [0.05, 0.1) is 17.4 Å². The van der Waals surface area contributed by atoms with E-state index in [0.717, 1.165) is 11.4 Å². The predicted octanol–water partition coefficient (Wildman–Crippen LogP) is 6.53. The van der Waals surface area contributed by atoms with Crippen molar-refractivity contribution in [2.75, 3.05) is 11.9 Å². The molecule has 5 nitrogen and oxygen atoms in total. The van der Waals surface area contributed by atoms with E-state index in [1.807, 2.05) is 69.3 Å². The number of carbonyl (C=O) groups is 1. The van der Waals surface area contributed by atoms with Gasteiger partial charge in [0, 0.05) is 30.5 Å². The van der Waals surface area contributed by atoms with Crippen molar-refractivity contribution in [2.24, 2.45) is 0 Å². The third kappa shape index (κ3) is 6.41. The first-order chi connectivity index (χ1) is 15.4. The monoisotopic (exact) mass is 432 g/mol. The molecule has 3 aromatic rings. The smallest absolute Gasteiger partial charge is 0.257 e. The molecule has 1 atom stereocenters. The maximum absolute atomic E-state index is 12.8. The van der Waals surface area contributed by atoms with Gasteiger partial charge in [-0.25, -0.2) is 0 Å². The van der Waals surface area contributed by atoms with Crippen LogP contribution < -0.4 is 10.1 Å². The van der Waals surface area contributed by atoms with Gasteiger partial charge in [-0.05, 0) is 68.7 Å². The number of carbonyl (C=O) groups excluding carboxylic acids is 1. The van der Waals surface area contributed by atoms with E-state index in [4.69, 9.17) is 9.47 Å². The number of hydrogen-bond donors (Lipinski definition) is 1. The Labute approximate surface area is 190 Å². The number of pyridine rings is 1. The summed E-state index contributed by atoms with van der Waals surface area (Å²) in [5.74, 6) is 1.70. The Hall–Kier alpha value is -3.18. The first-order valence-corrected chi connectivity index (χ1v) is 11.1. The minimum absolute atomic E-state index is 0.0934. The highest BCUT2D eigenvalue weighted by Crippen LogP contribution is 2.26. The molecule has 0 saturated carbocycles. The molecule has 1 aromatic heterocycles. The molecule has 0 aliphatic rings. The van der Waals surface area contributed by atoms with Gasteiger partial charge in [0.2, 0.25) is 0 Å². The van der Waals surface area contributed by atoms with E-state index in [2.05, 4.69) is 36.3 Å². The molecule has 168 valence electrons. The van der Waals surface area contributed by atoms with E-state index in [9.17, 15) is 4.79 Å². The number of rotatable bonds is 9. The standard InChI is InChI=1S/C27H32N2O3/c1-6-31-19(4)16-23-12-15-26(20(5)28-23)27(30)29-22-8-7-9-25(17-22)32-24-13-10-21(11-14-24)18(2)3/h7-15,17-19H,6,16H2,1-5H3,(H,29,30). The second-order valence-corrected chi connectivity index (χ2v) is 8.21. The minimum atomic E-state index is -0.196. The first kappa shape index (κ1) is 23.5. The lowest BCUT2D eigenvalue weighted by Crippen LogP contribution is -2.16. The van der Waals surface area contributed by atoms with Crippen molar-refractivity contribution < 1.29 is 14.3 Å². The molecular formula is C27H32N2O3. The Bertz CT molecular complexity index is 1050. The molecule has 0 bridgehead atoms. The van der Waals surface area contributed by atoms with Gasteiger partial charge in [-0.3, -0.25) is 9.78 Å². The fraction of sp³-hybridized carbons (Fsp3) is 0.333. The number of hydrogen-bond acceptors (Lipinski definition) is 4. The van der Waals surface area contributed by atoms with Crippen LogP contribution in [0, 0.1) is 6.92 Å². The number of anilines is 1. The molecule has 0 fully saturated rings. The van der Waals surface area contributed by atoms with Crippen LogP contribution in [0.2, 0.25) is 0 Å². The molecule has 32 heavy (non-hydrogen) atoms. The second-order valence-electron chi connectivity index (χ2n) is 8.21. The number of benzene rings is 2. The zero-order valence-electron chi connectivity index (χ0n) is 19.5. The van der Waals surface area contributed by atoms with E-state index in [1.165, 1.54) is 5.56 Å². The van der Waals surface area contributed by atoms with Gasteiger partial charge >= 0.3 is 0 Å². The molecule has 2 aromatic carbocycles. The molecule has 0 radical (unpaired) electrons. The van der Waals surface area contributed by atoms with Crippen molar-refractivity contribution in [3.8, 4) is 11.5 Å². The number of nitrogens with one attached hydrogen (secondary N) is 1. The summed E-state index contributed by atoms with van der Waals surface area (Å²) in [5.41, 5.74) is 4.09. The third-order valence-corrected chi connectivity index (χ3v) is 5.21. The van der Waals surface area contributed by atoms with Gasteiger partial charge in [0.1, 0.15) is 11.5 Å². The lowest BCUT2D eigenvalue weighted by Gasteiger charge is -2.13. The predicted molar refractivity (Wildman–Crippen MR) is 129 cm³/mol. The second kappa shape index (κ2) is 10.9. The molecule has 1 amide bonds. The Morgan fingerprint density at radius 1 is 1.00 bits per heavy atom. The summed E-state index contributed by atoms with van der Waals surface area (Å²) in [6.45, 7) is 10.8. The maximum Gasteiger partial charge on any atom is 0.257 e. The number of aryl methyl sites for hydroxylation is 1. The highest BCUT2D eigenvalue weighted by atomic mass is 16.5. The Kier molecular flexibility index (Phi) is 8.01. The van der Waals surface area contributed by atoms with Crippen molar-refractivity contribution >= 4 is 11.6 Å². The molecule has 0 aliphatic heterocycles. The van der Waals surface area contributed by atoms with Crippen LogP contribution in [0.3, 0.4) is 0 Å². The summed E-state index contributed by atoms with van der Waals surface area (Å²) in [6.07, 6.45) is 0.810. The zero-order chi connectivity index (χ0) is 23.1. The summed E-state index contributed by atoms with van der Waals surface area (Å²) in [5, 5.41) is 2.95. The van der Waals surface area contributed by atoms with Gasteiger partial charge in [-0.15, -0.1) is 0 Å². The topological polar surface area (TPSA) is 60.5 Å². The van der Waals surface area contributed by atoms with Gasteiger partial charge in [-0.1, -0.05) is 32.0 Å². The number of ether oxygens (including phenoxy) is 2. The summed E-state index contributed by atoms with van der Waals surface area (Å²) >= 11 is 0. The molecule has 0 saturated heterocycles. The summed E-state index contributed by atoms with van der Waals surface area (Å²) in [7, 11) is 0. The lowest BCUT2D eigenvalue weighted by atomic mass is 10.0. The maximum atomic E-state index is 12.8. The van der Waals surface area contributed by atoms with Crippen LogP contribution in [0.1, 0.15) is 60.9 Å². The van der Waals surface area contributed by atoms with E-state index >= 15 is 0 Å². The third-order valence-electron chi connectivity index (χ3n) is 5.21. The Morgan fingerprint density at radius 2 is 1.75 bits per heavy atom. The highest BCUT2D eigenvalue weighted by molar-refractivity contribution is 6.05. The average molecular weight is 433 g/mol. The highest BCUT2D eigenvalue weighted by Gasteiger charge is 2.13. The summed E-state index contributed by atoms with van der Waals surface area (Å²) in [4.78, 5) is 17.4. The zero-order valence-corrected chi connectivity index (χ0v) is 19.5. The van der Waals surface area contributed by atoms with Crippen LogP contribution in [0.4, 0.5) is 5.69 Å². The normalized spacial score (nSPS) is 11.9. The van der Waals surface area contributed by atoms with Crippen molar-refractivity contribution in [1.29, 1.82) is 0 Å². The van der Waals surface area contributed by atoms with Gasteiger partial charge in [-0.2, -0.15) is 0 Å². The summed E-state index contributed by atoms with van der Waals surface area (Å²) < 4.78 is 11.5. The fourth-order valence-electron chi connectivity index (χ4n) is 3.50. The van der Waals surface area contributed by atoms with Crippen molar-refractivity contribution in [3.63, 3.8) is 0 Å². The summed E-state index contributed by atoms with van der Waals surface area (Å²) in [6, 6.07) is 19.2. The molecule has 1 N–H and O–H groups in total. The first-order valence-electron chi connectivity index (χ1n) is 11.1. The van der Waals surface area contributed by atoms with Crippen LogP contribution in [0.25, 0.3) is 0 Å². The van der Waals surface area contributed by atoms with Crippen molar-refractivity contribution in [3.05, 3.63) is 83.2 Å². The number of nitrogens with zero attached hydrogens (tertiary/aromatic N) is 1. The molecule has 0 spiro atoms. The van der Waals surface area contributed by atoms with Crippen LogP contribution in [0.5, 0.6) is 11.5 Å². The van der Waals surface area contributed by atoms with Crippen LogP contribution in [-0.2, 0) is 11.2 Å². The van der Waals surface area contributed by atoms with Crippen LogP contribution >= 0.6 is 0 Å². The van der Waals surface area contributed by atoms with Gasteiger partial charge in [0.25, 0.3) is 5.91 Å². The molecule has 3 rings (SSSR count). The van der Waals surface area contributed by atoms with Crippen LogP contribution in [0.15, 0.2) is 60.7 Å². The molecule has 1 heterocycles. The quantitative estimate of drug-likeness (QED) is 0.418. The molecule has 0 aliphatic carbocycles. The van der Waals surface area contributed by atoms with Crippen LogP contribution in [-0.4, -0.2) is 23.6 Å². The molecule has 5 heteroatoms. The Balaban J connectivity index is 1.66. The van der Waals surface area contributed by atoms with E-state index < -0.39 is 0 Å². The molecule has 1 unspecified atom stereocenters. The number of amides is 1. The van der Waals surface area contributed by atoms with Gasteiger partial charge < -0.3 is 14.8 Å². The van der Waals surface area contributed by atoms with E-state index in [0.29, 0.717) is 41.6 Å². The lowest BCUT2D eigenvalue weighted by molar-refractivity contribution is 0.0761. The van der Waals surface area contributed by atoms with E-state index in [-0.39, 0.29) is 12.0 Å². The minimum Gasteiger partial charge on any atom is -0.457 e. The largest absolute Gasteiger partial charge is 0.457 e. The van der Waals surface area contributed by atoms with Crippen molar-refractivity contribution in [2.45, 2.75) is 53.1 Å². The van der Waals surface area contributed by atoms with E-state index in [1.54, 1.807) is 0 Å². The Morgan fingerprint density at radius 3 is 2.41 bits per heavy atom. The average Bonchev–Trinajstić information content (AvgIpc) is 2.74. The molecular weight excluding hydrogens is 400 g/mol. The SMILES string of the molecule is CCOC(C)Cc1ccc(C(=O)Nc2cccc(Oc3ccc(C(C)C)cc3)c2)c(C)n1.